The van der Waals surface area contributed by atoms with Crippen LogP contribution in [0.25, 0.3) is 0 Å². The number of sulfone groups is 1. The van der Waals surface area contributed by atoms with Crippen LogP contribution in [0.4, 0.5) is 0 Å². The van der Waals surface area contributed by atoms with E-state index in [-0.39, 0.29) is 11.5 Å². The van der Waals surface area contributed by atoms with E-state index in [9.17, 15) is 8.42 Å². The predicted molar refractivity (Wildman–Crippen MR) is 79.1 cm³/mol. The van der Waals surface area contributed by atoms with E-state index < -0.39 is 9.84 Å². The Bertz CT molecular complexity index is 414. The van der Waals surface area contributed by atoms with E-state index in [2.05, 4.69) is 37.9 Å². The van der Waals surface area contributed by atoms with Crippen molar-refractivity contribution < 1.29 is 8.42 Å². The molecule has 0 spiro atoms. The Balaban J connectivity index is 2.11. The highest BCUT2D eigenvalue weighted by atomic mass is 32.2. The molecule has 3 unspecified atom stereocenters. The summed E-state index contributed by atoms with van der Waals surface area (Å²) in [6, 6.07) is 1.16. The van der Waals surface area contributed by atoms with E-state index in [0.29, 0.717) is 23.6 Å². The van der Waals surface area contributed by atoms with Gasteiger partial charge in [0.05, 0.1) is 11.5 Å². The number of nitrogens with one attached hydrogen (secondary N) is 1. The SMILES string of the molecule is CCC1CNC(C(C)(C)C)CN1C1CCS(=O)(=O)C1. The van der Waals surface area contributed by atoms with Crippen molar-refractivity contribution in [3.8, 4) is 0 Å². The molecule has 0 aromatic carbocycles. The molecule has 2 heterocycles. The molecule has 112 valence electrons. The summed E-state index contributed by atoms with van der Waals surface area (Å²) in [5.74, 6) is 0.735. The van der Waals surface area contributed by atoms with Gasteiger partial charge in [-0.2, -0.15) is 0 Å². The molecule has 2 aliphatic rings. The zero-order chi connectivity index (χ0) is 14.3. The minimum atomic E-state index is -2.79. The molecule has 0 aromatic rings. The molecule has 2 rings (SSSR count). The minimum absolute atomic E-state index is 0.217. The van der Waals surface area contributed by atoms with Crippen LogP contribution in [0.15, 0.2) is 0 Å². The smallest absolute Gasteiger partial charge is 0.151 e. The second kappa shape index (κ2) is 5.34. The first-order chi connectivity index (χ1) is 8.73. The molecule has 2 aliphatic heterocycles. The molecular formula is C14H28N2O2S. The average molecular weight is 288 g/mol. The fraction of sp³-hybridized carbons (Fsp3) is 1.00. The van der Waals surface area contributed by atoms with E-state index in [1.54, 1.807) is 0 Å². The first-order valence-electron chi connectivity index (χ1n) is 7.42. The lowest BCUT2D eigenvalue weighted by atomic mass is 9.84. The highest BCUT2D eigenvalue weighted by molar-refractivity contribution is 7.91. The fourth-order valence-electron chi connectivity index (χ4n) is 3.26. The Kier molecular flexibility index (Phi) is 4.29. The van der Waals surface area contributed by atoms with Crippen molar-refractivity contribution in [1.29, 1.82) is 0 Å². The van der Waals surface area contributed by atoms with Crippen LogP contribution in [0.2, 0.25) is 0 Å². The van der Waals surface area contributed by atoms with E-state index >= 15 is 0 Å². The van der Waals surface area contributed by atoms with Crippen LogP contribution >= 0.6 is 0 Å². The van der Waals surface area contributed by atoms with Crippen LogP contribution in [0.3, 0.4) is 0 Å². The van der Waals surface area contributed by atoms with E-state index in [1.165, 1.54) is 0 Å². The maximum atomic E-state index is 11.7. The Hall–Kier alpha value is -0.130. The molecule has 19 heavy (non-hydrogen) atoms. The van der Waals surface area contributed by atoms with E-state index in [1.807, 2.05) is 0 Å². The normalized spacial score (nSPS) is 36.5. The van der Waals surface area contributed by atoms with Crippen molar-refractivity contribution >= 4 is 9.84 Å². The quantitative estimate of drug-likeness (QED) is 0.831. The van der Waals surface area contributed by atoms with Gasteiger partial charge in [0.15, 0.2) is 9.84 Å². The Morgan fingerprint density at radius 1 is 1.32 bits per heavy atom. The van der Waals surface area contributed by atoms with Gasteiger partial charge in [0.2, 0.25) is 0 Å². The topological polar surface area (TPSA) is 49.4 Å². The standard InChI is InChI=1S/C14H28N2O2S/c1-5-11-8-15-13(14(2,3)4)9-16(11)12-6-7-19(17,18)10-12/h11-13,15H,5-10H2,1-4H3. The first kappa shape index (κ1) is 15.3. The Morgan fingerprint density at radius 3 is 2.47 bits per heavy atom. The molecule has 0 saturated carbocycles. The van der Waals surface area contributed by atoms with Crippen molar-refractivity contribution in [2.24, 2.45) is 5.41 Å². The number of hydrogen-bond donors (Lipinski definition) is 1. The Morgan fingerprint density at radius 2 is 2.00 bits per heavy atom. The maximum Gasteiger partial charge on any atom is 0.151 e. The highest BCUT2D eigenvalue weighted by Crippen LogP contribution is 2.28. The van der Waals surface area contributed by atoms with Gasteiger partial charge in [-0.15, -0.1) is 0 Å². The molecular weight excluding hydrogens is 260 g/mol. The van der Waals surface area contributed by atoms with Crippen molar-refractivity contribution in [1.82, 2.24) is 10.2 Å². The van der Waals surface area contributed by atoms with Gasteiger partial charge in [-0.3, -0.25) is 4.90 Å². The van der Waals surface area contributed by atoms with Gasteiger partial charge in [0.25, 0.3) is 0 Å². The molecule has 4 nitrogen and oxygen atoms in total. The molecule has 3 atom stereocenters. The van der Waals surface area contributed by atoms with Crippen LogP contribution in [0, 0.1) is 5.41 Å². The van der Waals surface area contributed by atoms with Crippen LogP contribution in [0.5, 0.6) is 0 Å². The van der Waals surface area contributed by atoms with Gasteiger partial charge in [-0.25, -0.2) is 8.42 Å². The van der Waals surface area contributed by atoms with E-state index in [0.717, 1.165) is 25.9 Å². The number of piperazine rings is 1. The summed E-state index contributed by atoms with van der Waals surface area (Å²) in [5.41, 5.74) is 0.217. The highest BCUT2D eigenvalue weighted by Gasteiger charge is 2.40. The second-order valence-corrected chi connectivity index (χ2v) is 9.37. The van der Waals surface area contributed by atoms with Gasteiger partial charge in [0.1, 0.15) is 0 Å². The lowest BCUT2D eigenvalue weighted by molar-refractivity contribution is 0.0557. The summed E-state index contributed by atoms with van der Waals surface area (Å²) in [4.78, 5) is 2.47. The van der Waals surface area contributed by atoms with Gasteiger partial charge in [0, 0.05) is 31.2 Å². The predicted octanol–water partition coefficient (Wildman–Crippen LogP) is 1.27. The molecule has 0 bridgehead atoms. The van der Waals surface area contributed by atoms with Crippen LogP contribution in [0.1, 0.15) is 40.5 Å². The summed E-state index contributed by atoms with van der Waals surface area (Å²) in [6.07, 6.45) is 1.90. The zero-order valence-corrected chi connectivity index (χ0v) is 13.5. The Labute approximate surface area is 117 Å². The monoisotopic (exact) mass is 288 g/mol. The molecule has 5 heteroatoms. The molecule has 2 fully saturated rings. The average Bonchev–Trinajstić information content (AvgIpc) is 2.67. The van der Waals surface area contributed by atoms with Crippen LogP contribution in [-0.4, -0.2) is 56.0 Å². The van der Waals surface area contributed by atoms with Crippen molar-refractivity contribution in [3.63, 3.8) is 0 Å². The lowest BCUT2D eigenvalue weighted by Crippen LogP contribution is -2.62. The summed E-state index contributed by atoms with van der Waals surface area (Å²) >= 11 is 0. The maximum absolute atomic E-state index is 11.7. The van der Waals surface area contributed by atoms with Crippen molar-refractivity contribution in [3.05, 3.63) is 0 Å². The van der Waals surface area contributed by atoms with Crippen LogP contribution in [-0.2, 0) is 9.84 Å². The van der Waals surface area contributed by atoms with Gasteiger partial charge < -0.3 is 5.32 Å². The molecule has 0 amide bonds. The molecule has 0 aromatic heterocycles. The number of rotatable bonds is 2. The van der Waals surface area contributed by atoms with Gasteiger partial charge in [-0.1, -0.05) is 27.7 Å². The van der Waals surface area contributed by atoms with E-state index in [4.69, 9.17) is 0 Å². The minimum Gasteiger partial charge on any atom is -0.311 e. The number of hydrogen-bond acceptors (Lipinski definition) is 4. The molecule has 1 N–H and O–H groups in total. The van der Waals surface area contributed by atoms with Gasteiger partial charge in [-0.05, 0) is 18.3 Å². The number of nitrogens with zero attached hydrogens (tertiary/aromatic N) is 1. The molecule has 0 radical (unpaired) electrons. The summed E-state index contributed by atoms with van der Waals surface area (Å²) in [5, 5.41) is 3.64. The molecule has 2 saturated heterocycles. The third kappa shape index (κ3) is 3.50. The summed E-state index contributed by atoms with van der Waals surface area (Å²) < 4.78 is 23.4. The summed E-state index contributed by atoms with van der Waals surface area (Å²) in [6.45, 7) is 10.9. The third-order valence-electron chi connectivity index (χ3n) is 4.66. The largest absolute Gasteiger partial charge is 0.311 e. The van der Waals surface area contributed by atoms with Crippen molar-refractivity contribution in [2.75, 3.05) is 24.6 Å². The zero-order valence-electron chi connectivity index (χ0n) is 12.6. The fourth-order valence-corrected chi connectivity index (χ4v) is 5.01. The third-order valence-corrected chi connectivity index (χ3v) is 6.41. The van der Waals surface area contributed by atoms with Crippen LogP contribution < -0.4 is 5.32 Å². The lowest BCUT2D eigenvalue weighted by Gasteiger charge is -2.47. The second-order valence-electron chi connectivity index (χ2n) is 7.14. The van der Waals surface area contributed by atoms with Gasteiger partial charge >= 0.3 is 0 Å². The molecule has 0 aliphatic carbocycles. The van der Waals surface area contributed by atoms with Crippen molar-refractivity contribution in [2.45, 2.75) is 58.7 Å². The summed E-state index contributed by atoms with van der Waals surface area (Å²) in [7, 11) is -2.79. The first-order valence-corrected chi connectivity index (χ1v) is 9.24.